The van der Waals surface area contributed by atoms with Crippen molar-refractivity contribution >= 4 is 11.9 Å². The van der Waals surface area contributed by atoms with Crippen molar-refractivity contribution in [1.29, 1.82) is 0 Å². The van der Waals surface area contributed by atoms with Gasteiger partial charge in [0, 0.05) is 0 Å². The van der Waals surface area contributed by atoms with Gasteiger partial charge in [-0.05, 0) is 19.8 Å². The molecule has 0 aromatic heterocycles. The Bertz CT molecular complexity index is 348. The molecule has 0 spiro atoms. The molecule has 4 nitrogen and oxygen atoms in total. The fraction of sp³-hybridized carbons (Fsp3) is 0.857. The molecular formula is C14H22F4O4. The molecule has 0 heterocycles. The van der Waals surface area contributed by atoms with Crippen molar-refractivity contribution in [3.8, 4) is 0 Å². The highest BCUT2D eigenvalue weighted by Gasteiger charge is 2.42. The van der Waals surface area contributed by atoms with Crippen molar-refractivity contribution in [2.24, 2.45) is 0 Å². The lowest BCUT2D eigenvalue weighted by atomic mass is 10.1. The number of hydrogen-bond donors (Lipinski definition) is 0. The Morgan fingerprint density at radius 3 is 2.23 bits per heavy atom. The molecule has 0 aliphatic rings. The maximum Gasteiger partial charge on any atom is 0.340 e. The first-order chi connectivity index (χ1) is 10.2. The van der Waals surface area contributed by atoms with Gasteiger partial charge in [-0.1, -0.05) is 19.8 Å². The predicted molar refractivity (Wildman–Crippen MR) is 70.8 cm³/mol. The lowest BCUT2D eigenvalue weighted by Crippen LogP contribution is -2.33. The van der Waals surface area contributed by atoms with Gasteiger partial charge in [-0.3, -0.25) is 9.59 Å². The zero-order valence-electron chi connectivity index (χ0n) is 12.7. The van der Waals surface area contributed by atoms with Gasteiger partial charge >= 0.3 is 24.3 Å². The Morgan fingerprint density at radius 1 is 1.09 bits per heavy atom. The second kappa shape index (κ2) is 10.4. The maximum absolute atomic E-state index is 12.5. The van der Waals surface area contributed by atoms with Gasteiger partial charge in [0.05, 0.1) is 18.9 Å². The number of unbranched alkanes of at least 4 members (excludes halogenated alkanes) is 2. The van der Waals surface area contributed by atoms with Crippen LogP contribution in [0.15, 0.2) is 0 Å². The highest BCUT2D eigenvalue weighted by molar-refractivity contribution is 5.77. The molecule has 1 unspecified atom stereocenters. The molecule has 1 atom stereocenters. The molecule has 0 aromatic carbocycles. The number of carbonyl (C=O) groups is 2. The molecule has 0 rings (SSSR count). The summed E-state index contributed by atoms with van der Waals surface area (Å²) in [6.07, 6.45) is -1.35. The van der Waals surface area contributed by atoms with E-state index in [0.717, 1.165) is 19.3 Å². The molecule has 0 radical (unpaired) electrons. The van der Waals surface area contributed by atoms with E-state index in [1.54, 1.807) is 6.92 Å². The molecule has 0 fully saturated rings. The Balaban J connectivity index is 3.88. The highest BCUT2D eigenvalue weighted by Crippen LogP contribution is 2.23. The zero-order valence-corrected chi connectivity index (χ0v) is 12.7. The van der Waals surface area contributed by atoms with Gasteiger partial charge in [-0.2, -0.15) is 8.78 Å². The summed E-state index contributed by atoms with van der Waals surface area (Å²) in [4.78, 5) is 22.5. The summed E-state index contributed by atoms with van der Waals surface area (Å²) in [5.74, 6) is -6.18. The van der Waals surface area contributed by atoms with E-state index in [4.69, 9.17) is 4.74 Å². The highest BCUT2D eigenvalue weighted by atomic mass is 19.3. The number of esters is 2. The first kappa shape index (κ1) is 20.7. The van der Waals surface area contributed by atoms with E-state index in [0.29, 0.717) is 6.42 Å². The quantitative estimate of drug-likeness (QED) is 0.329. The number of alkyl halides is 4. The van der Waals surface area contributed by atoms with Crippen LogP contribution in [0.25, 0.3) is 0 Å². The molecular weight excluding hydrogens is 308 g/mol. The van der Waals surface area contributed by atoms with Crippen molar-refractivity contribution in [1.82, 2.24) is 0 Å². The van der Waals surface area contributed by atoms with Crippen LogP contribution in [0.4, 0.5) is 17.6 Å². The molecule has 130 valence electrons. The molecule has 0 saturated heterocycles. The molecule has 22 heavy (non-hydrogen) atoms. The molecule has 0 aliphatic carbocycles. The monoisotopic (exact) mass is 330 g/mol. The van der Waals surface area contributed by atoms with Crippen LogP contribution in [-0.4, -0.2) is 37.0 Å². The SMILES string of the molecule is CCCCCC(C)OC(=O)CCC(=O)OCC(F)(F)C(F)F. The van der Waals surface area contributed by atoms with E-state index in [-0.39, 0.29) is 12.5 Å². The Labute approximate surface area is 127 Å². The van der Waals surface area contributed by atoms with E-state index in [1.807, 2.05) is 6.92 Å². The summed E-state index contributed by atoms with van der Waals surface area (Å²) in [5, 5.41) is 0. The van der Waals surface area contributed by atoms with E-state index >= 15 is 0 Å². The van der Waals surface area contributed by atoms with Gasteiger partial charge in [-0.15, -0.1) is 0 Å². The largest absolute Gasteiger partial charge is 0.463 e. The number of rotatable bonds is 11. The smallest absolute Gasteiger partial charge is 0.340 e. The Hall–Kier alpha value is -1.34. The third-order valence-electron chi connectivity index (χ3n) is 2.82. The first-order valence-corrected chi connectivity index (χ1v) is 7.20. The maximum atomic E-state index is 12.5. The molecule has 0 N–H and O–H groups in total. The van der Waals surface area contributed by atoms with Gasteiger partial charge in [0.2, 0.25) is 0 Å². The number of carbonyl (C=O) groups excluding carboxylic acids is 2. The Morgan fingerprint density at radius 2 is 1.68 bits per heavy atom. The van der Waals surface area contributed by atoms with Gasteiger partial charge in [0.25, 0.3) is 0 Å². The first-order valence-electron chi connectivity index (χ1n) is 7.20. The minimum absolute atomic E-state index is 0.293. The summed E-state index contributed by atoms with van der Waals surface area (Å²) >= 11 is 0. The predicted octanol–water partition coefficient (Wildman–Crippen LogP) is 3.72. The van der Waals surface area contributed by atoms with Crippen molar-refractivity contribution in [2.75, 3.05) is 6.61 Å². The van der Waals surface area contributed by atoms with Crippen LogP contribution in [0.2, 0.25) is 0 Å². The second-order valence-electron chi connectivity index (χ2n) is 5.02. The normalized spacial score (nSPS) is 13.0. The minimum atomic E-state index is -4.38. The number of hydrogen-bond acceptors (Lipinski definition) is 4. The van der Waals surface area contributed by atoms with Crippen molar-refractivity contribution in [3.05, 3.63) is 0 Å². The van der Waals surface area contributed by atoms with E-state index < -0.39 is 37.3 Å². The standard InChI is InChI=1S/C14H22F4O4/c1-3-4-5-6-10(2)22-12(20)8-7-11(19)21-9-14(17,18)13(15)16/h10,13H,3-9H2,1-2H3. The minimum Gasteiger partial charge on any atom is -0.463 e. The molecule has 8 heteroatoms. The molecule has 0 aromatic rings. The Kier molecular flexibility index (Phi) is 9.76. The van der Waals surface area contributed by atoms with Crippen LogP contribution < -0.4 is 0 Å². The average molecular weight is 330 g/mol. The third-order valence-corrected chi connectivity index (χ3v) is 2.82. The molecule has 0 amide bonds. The summed E-state index contributed by atoms with van der Waals surface area (Å²) in [5.41, 5.74) is 0. The van der Waals surface area contributed by atoms with Crippen molar-refractivity contribution in [2.45, 2.75) is 70.8 Å². The van der Waals surface area contributed by atoms with Gasteiger partial charge in [0.1, 0.15) is 0 Å². The van der Waals surface area contributed by atoms with E-state index in [2.05, 4.69) is 4.74 Å². The topological polar surface area (TPSA) is 52.6 Å². The van der Waals surface area contributed by atoms with Crippen molar-refractivity contribution < 1.29 is 36.6 Å². The zero-order chi connectivity index (χ0) is 17.2. The average Bonchev–Trinajstić information content (AvgIpc) is 2.43. The summed E-state index contributed by atoms with van der Waals surface area (Å²) in [6.45, 7) is 2.06. The summed E-state index contributed by atoms with van der Waals surface area (Å²) in [7, 11) is 0. The third kappa shape index (κ3) is 9.57. The van der Waals surface area contributed by atoms with Gasteiger partial charge in [-0.25, -0.2) is 8.78 Å². The van der Waals surface area contributed by atoms with Gasteiger partial charge in [0.15, 0.2) is 6.61 Å². The van der Waals surface area contributed by atoms with Crippen LogP contribution in [0.3, 0.4) is 0 Å². The van der Waals surface area contributed by atoms with Crippen molar-refractivity contribution in [3.63, 3.8) is 0 Å². The van der Waals surface area contributed by atoms with Crippen LogP contribution in [0, 0.1) is 0 Å². The fourth-order valence-corrected chi connectivity index (χ4v) is 1.54. The molecule has 0 aliphatic heterocycles. The molecule has 0 saturated carbocycles. The molecule has 0 bridgehead atoms. The number of ether oxygens (including phenoxy) is 2. The second-order valence-corrected chi connectivity index (χ2v) is 5.02. The van der Waals surface area contributed by atoms with Crippen LogP contribution in [0.5, 0.6) is 0 Å². The van der Waals surface area contributed by atoms with Crippen LogP contribution in [0.1, 0.15) is 52.4 Å². The van der Waals surface area contributed by atoms with Crippen LogP contribution in [-0.2, 0) is 19.1 Å². The van der Waals surface area contributed by atoms with Crippen LogP contribution >= 0.6 is 0 Å². The summed E-state index contributed by atoms with van der Waals surface area (Å²) < 4.78 is 57.7. The number of halogens is 4. The van der Waals surface area contributed by atoms with E-state index in [9.17, 15) is 27.2 Å². The van der Waals surface area contributed by atoms with Gasteiger partial charge < -0.3 is 9.47 Å². The fourth-order valence-electron chi connectivity index (χ4n) is 1.54. The lowest BCUT2D eigenvalue weighted by Gasteiger charge is -2.15. The lowest BCUT2D eigenvalue weighted by molar-refractivity contribution is -0.180. The summed E-state index contributed by atoms with van der Waals surface area (Å²) in [6, 6.07) is 0. The van der Waals surface area contributed by atoms with E-state index in [1.165, 1.54) is 0 Å².